The van der Waals surface area contributed by atoms with Crippen molar-refractivity contribution in [3.8, 4) is 0 Å². The summed E-state index contributed by atoms with van der Waals surface area (Å²) >= 11 is 11.6. The molecule has 0 aromatic heterocycles. The number of hydrogen-bond acceptors (Lipinski definition) is 4. The van der Waals surface area contributed by atoms with E-state index in [1.54, 1.807) is 0 Å². The molecule has 1 unspecified atom stereocenters. The van der Waals surface area contributed by atoms with Crippen molar-refractivity contribution in [2.75, 3.05) is 12.4 Å². The fourth-order valence-corrected chi connectivity index (χ4v) is 4.46. The van der Waals surface area contributed by atoms with Crippen LogP contribution in [0.1, 0.15) is 29.6 Å². The van der Waals surface area contributed by atoms with Gasteiger partial charge in [0.05, 0.1) is 32.4 Å². The summed E-state index contributed by atoms with van der Waals surface area (Å²) in [6.07, 6.45) is 2.06. The average molecular weight is 353 g/mol. The van der Waals surface area contributed by atoms with E-state index in [2.05, 4.69) is 0 Å². The second-order valence-electron chi connectivity index (χ2n) is 4.81. The zero-order chi connectivity index (χ0) is 15.6. The number of sulfone groups is 1. The van der Waals surface area contributed by atoms with Crippen LogP contribution in [0.5, 0.6) is 0 Å². The number of ether oxygens (including phenoxy) is 1. The van der Waals surface area contributed by atoms with Crippen molar-refractivity contribution in [3.05, 3.63) is 27.7 Å². The summed E-state index contributed by atoms with van der Waals surface area (Å²) in [6.45, 7) is 0.648. The maximum absolute atomic E-state index is 12.3. The van der Waals surface area contributed by atoms with E-state index in [9.17, 15) is 13.2 Å². The number of benzene rings is 1. The first-order valence-electron chi connectivity index (χ1n) is 6.38. The Morgan fingerprint density at radius 1 is 1.33 bits per heavy atom. The Morgan fingerprint density at radius 2 is 2.05 bits per heavy atom. The van der Waals surface area contributed by atoms with E-state index in [1.165, 1.54) is 0 Å². The van der Waals surface area contributed by atoms with E-state index in [4.69, 9.17) is 33.0 Å². The summed E-state index contributed by atoms with van der Waals surface area (Å²) in [4.78, 5) is 10.8. The average Bonchev–Trinajstić information content (AvgIpc) is 2.88. The number of carboxylic acids is 1. The van der Waals surface area contributed by atoms with Gasteiger partial charge in [0.15, 0.2) is 9.84 Å². The van der Waals surface area contributed by atoms with Gasteiger partial charge in [0.25, 0.3) is 0 Å². The lowest BCUT2D eigenvalue weighted by Gasteiger charge is -2.11. The molecule has 1 saturated heterocycles. The number of rotatable bonds is 5. The summed E-state index contributed by atoms with van der Waals surface area (Å²) in [5.41, 5.74) is -0.281. The van der Waals surface area contributed by atoms with Crippen LogP contribution in [0.4, 0.5) is 0 Å². The SMILES string of the molecule is O=C(O)c1cc(S(=O)(=O)CCC2CCCO2)c(Cl)cc1Cl. The van der Waals surface area contributed by atoms with Crippen LogP contribution in [0.25, 0.3) is 0 Å². The van der Waals surface area contributed by atoms with Crippen LogP contribution in [-0.4, -0.2) is 38.0 Å². The Kier molecular flexibility index (Phi) is 5.14. The Balaban J connectivity index is 2.26. The highest BCUT2D eigenvalue weighted by Gasteiger charge is 2.25. The summed E-state index contributed by atoms with van der Waals surface area (Å²) < 4.78 is 30.0. The Labute approximate surface area is 132 Å². The van der Waals surface area contributed by atoms with Gasteiger partial charge in [0.1, 0.15) is 0 Å². The quantitative estimate of drug-likeness (QED) is 0.880. The first kappa shape index (κ1) is 16.5. The topological polar surface area (TPSA) is 80.7 Å². The molecule has 5 nitrogen and oxygen atoms in total. The van der Waals surface area contributed by atoms with E-state index >= 15 is 0 Å². The van der Waals surface area contributed by atoms with E-state index < -0.39 is 15.8 Å². The van der Waals surface area contributed by atoms with Gasteiger partial charge in [-0.1, -0.05) is 23.2 Å². The third kappa shape index (κ3) is 3.88. The summed E-state index contributed by atoms with van der Waals surface area (Å²) in [6, 6.07) is 2.16. The Bertz CT molecular complexity index is 651. The fraction of sp³-hybridized carbons (Fsp3) is 0.462. The van der Waals surface area contributed by atoms with Crippen LogP contribution < -0.4 is 0 Å². The summed E-state index contributed by atoms with van der Waals surface area (Å²) in [5.74, 6) is -1.44. The minimum atomic E-state index is -3.69. The van der Waals surface area contributed by atoms with Gasteiger partial charge in [0.2, 0.25) is 0 Å². The molecule has 0 saturated carbocycles. The zero-order valence-corrected chi connectivity index (χ0v) is 13.3. The van der Waals surface area contributed by atoms with Gasteiger partial charge >= 0.3 is 5.97 Å². The molecule has 2 rings (SSSR count). The molecule has 0 bridgehead atoms. The normalized spacial score (nSPS) is 18.9. The number of hydrogen-bond donors (Lipinski definition) is 1. The van der Waals surface area contributed by atoms with Crippen molar-refractivity contribution >= 4 is 39.0 Å². The van der Waals surface area contributed by atoms with Crippen LogP contribution in [0.3, 0.4) is 0 Å². The molecule has 1 fully saturated rings. The molecular weight excluding hydrogens is 339 g/mol. The van der Waals surface area contributed by atoms with Crippen LogP contribution in [0, 0.1) is 0 Å². The van der Waals surface area contributed by atoms with E-state index in [1.807, 2.05) is 0 Å². The lowest BCUT2D eigenvalue weighted by atomic mass is 10.2. The zero-order valence-electron chi connectivity index (χ0n) is 11.0. The number of halogens is 2. The number of aromatic carboxylic acids is 1. The van der Waals surface area contributed by atoms with E-state index in [-0.39, 0.29) is 32.4 Å². The lowest BCUT2D eigenvalue weighted by Crippen LogP contribution is -2.15. The molecule has 0 radical (unpaired) electrons. The van der Waals surface area contributed by atoms with Gasteiger partial charge in [-0.05, 0) is 31.4 Å². The number of carbonyl (C=O) groups is 1. The van der Waals surface area contributed by atoms with Gasteiger partial charge in [-0.3, -0.25) is 0 Å². The summed E-state index contributed by atoms with van der Waals surface area (Å²) in [5, 5.41) is 8.84. The third-order valence-electron chi connectivity index (χ3n) is 3.32. The van der Waals surface area contributed by atoms with Crippen molar-refractivity contribution in [2.45, 2.75) is 30.3 Å². The first-order valence-corrected chi connectivity index (χ1v) is 8.79. The predicted octanol–water partition coefficient (Wildman–Crippen LogP) is 3.03. The standard InChI is InChI=1S/C13H14Cl2O5S/c14-10-7-11(15)12(6-9(10)13(16)17)21(18,19)5-3-8-2-1-4-20-8/h6-8H,1-5H2,(H,16,17). The van der Waals surface area contributed by atoms with Crippen molar-refractivity contribution in [1.29, 1.82) is 0 Å². The van der Waals surface area contributed by atoms with Gasteiger partial charge in [-0.2, -0.15) is 0 Å². The second-order valence-corrected chi connectivity index (χ2v) is 7.70. The third-order valence-corrected chi connectivity index (χ3v) is 5.84. The van der Waals surface area contributed by atoms with Crippen molar-refractivity contribution in [3.63, 3.8) is 0 Å². The fourth-order valence-electron chi connectivity index (χ4n) is 2.20. The van der Waals surface area contributed by atoms with E-state index in [0.29, 0.717) is 13.0 Å². The van der Waals surface area contributed by atoms with Crippen LogP contribution in [-0.2, 0) is 14.6 Å². The van der Waals surface area contributed by atoms with Gasteiger partial charge in [-0.15, -0.1) is 0 Å². The van der Waals surface area contributed by atoms with E-state index in [0.717, 1.165) is 25.0 Å². The largest absolute Gasteiger partial charge is 0.478 e. The highest BCUT2D eigenvalue weighted by Crippen LogP contribution is 2.30. The highest BCUT2D eigenvalue weighted by atomic mass is 35.5. The van der Waals surface area contributed by atoms with Gasteiger partial charge in [0, 0.05) is 6.61 Å². The maximum Gasteiger partial charge on any atom is 0.337 e. The molecule has 1 aliphatic heterocycles. The molecule has 0 amide bonds. The number of carboxylic acid groups (broad SMARTS) is 1. The molecular formula is C13H14Cl2O5S. The molecule has 21 heavy (non-hydrogen) atoms. The molecule has 0 spiro atoms. The molecule has 1 atom stereocenters. The molecule has 1 aromatic rings. The smallest absolute Gasteiger partial charge is 0.337 e. The molecule has 8 heteroatoms. The van der Waals surface area contributed by atoms with Crippen LogP contribution in [0.2, 0.25) is 10.0 Å². The highest BCUT2D eigenvalue weighted by molar-refractivity contribution is 7.91. The molecule has 0 aliphatic carbocycles. The molecule has 1 N–H and O–H groups in total. The molecule has 1 aliphatic rings. The lowest BCUT2D eigenvalue weighted by molar-refractivity contribution is 0.0697. The van der Waals surface area contributed by atoms with Crippen molar-refractivity contribution in [1.82, 2.24) is 0 Å². The first-order chi connectivity index (χ1) is 9.81. The Hall–Kier alpha value is -0.820. The second kappa shape index (κ2) is 6.52. The van der Waals surface area contributed by atoms with Crippen molar-refractivity contribution in [2.24, 2.45) is 0 Å². The minimum absolute atomic E-state index is 0.0650. The van der Waals surface area contributed by atoms with Gasteiger partial charge in [-0.25, -0.2) is 13.2 Å². The van der Waals surface area contributed by atoms with Crippen molar-refractivity contribution < 1.29 is 23.1 Å². The minimum Gasteiger partial charge on any atom is -0.478 e. The predicted molar refractivity (Wildman–Crippen MR) is 79.1 cm³/mol. The van der Waals surface area contributed by atoms with Gasteiger partial charge < -0.3 is 9.84 Å². The van der Waals surface area contributed by atoms with Crippen LogP contribution in [0.15, 0.2) is 17.0 Å². The van der Waals surface area contributed by atoms with Crippen LogP contribution >= 0.6 is 23.2 Å². The monoisotopic (exact) mass is 352 g/mol. The molecule has 1 heterocycles. The summed E-state index contributed by atoms with van der Waals surface area (Å²) in [7, 11) is -3.69. The molecule has 116 valence electrons. The maximum atomic E-state index is 12.3. The molecule has 1 aromatic carbocycles. The Morgan fingerprint density at radius 3 is 2.62 bits per heavy atom.